The standard InChI is InChI=1S/C18H13NO4S2/c1-19-16(17(20)12-6-7-14-11(10-12)8-9-24-14)18(21)13-4-2-3-5-15(13)25(19,22)23/h2-10,21H,1H3. The van der Waals surface area contributed by atoms with Gasteiger partial charge in [0.15, 0.2) is 5.76 Å². The van der Waals surface area contributed by atoms with Gasteiger partial charge in [-0.3, -0.25) is 9.10 Å². The Bertz CT molecular complexity index is 1160. The first kappa shape index (κ1) is 15.9. The lowest BCUT2D eigenvalue weighted by Gasteiger charge is -2.28. The van der Waals surface area contributed by atoms with Crippen LogP contribution in [0.25, 0.3) is 15.8 Å². The summed E-state index contributed by atoms with van der Waals surface area (Å²) in [6, 6.07) is 13.2. The van der Waals surface area contributed by atoms with Gasteiger partial charge in [-0.2, -0.15) is 0 Å². The molecule has 3 aromatic rings. The number of ketones is 1. The lowest BCUT2D eigenvalue weighted by molar-refractivity contribution is 0.101. The number of rotatable bonds is 2. The molecule has 4 rings (SSSR count). The summed E-state index contributed by atoms with van der Waals surface area (Å²) >= 11 is 1.56. The SMILES string of the molecule is CN1C(C(=O)c2ccc3sccc3c2)=C(O)c2ccccc2S1(=O)=O. The number of thiophene rings is 1. The highest BCUT2D eigenvalue weighted by Crippen LogP contribution is 2.36. The van der Waals surface area contributed by atoms with E-state index in [4.69, 9.17) is 0 Å². The van der Waals surface area contributed by atoms with Gasteiger partial charge in [-0.25, -0.2) is 8.42 Å². The molecule has 126 valence electrons. The highest BCUT2D eigenvalue weighted by molar-refractivity contribution is 7.89. The van der Waals surface area contributed by atoms with Crippen LogP contribution < -0.4 is 0 Å². The van der Waals surface area contributed by atoms with E-state index in [1.807, 2.05) is 17.5 Å². The summed E-state index contributed by atoms with van der Waals surface area (Å²) in [6.45, 7) is 0. The van der Waals surface area contributed by atoms with Gasteiger partial charge in [-0.1, -0.05) is 12.1 Å². The van der Waals surface area contributed by atoms with Crippen LogP contribution in [0.3, 0.4) is 0 Å². The van der Waals surface area contributed by atoms with Crippen LogP contribution in [0.1, 0.15) is 15.9 Å². The van der Waals surface area contributed by atoms with Gasteiger partial charge in [0, 0.05) is 22.9 Å². The van der Waals surface area contributed by atoms with E-state index < -0.39 is 15.8 Å². The molecule has 1 N–H and O–H groups in total. The number of carbonyl (C=O) groups is 1. The minimum absolute atomic E-state index is 0.0140. The Kier molecular flexibility index (Phi) is 3.45. The second kappa shape index (κ2) is 5.44. The molecule has 1 aromatic heterocycles. The van der Waals surface area contributed by atoms with Crippen molar-refractivity contribution in [3.63, 3.8) is 0 Å². The fraction of sp³-hybridized carbons (Fsp3) is 0.0556. The Hall–Kier alpha value is -2.64. The molecule has 7 heteroatoms. The number of sulfonamides is 1. The first-order valence-electron chi connectivity index (χ1n) is 7.45. The van der Waals surface area contributed by atoms with Crippen LogP contribution in [0, 0.1) is 0 Å². The number of hydrogen-bond donors (Lipinski definition) is 1. The van der Waals surface area contributed by atoms with Gasteiger partial charge in [0.05, 0.1) is 4.90 Å². The first-order chi connectivity index (χ1) is 11.9. The largest absolute Gasteiger partial charge is 0.505 e. The molecule has 25 heavy (non-hydrogen) atoms. The zero-order chi connectivity index (χ0) is 17.8. The molecule has 0 amide bonds. The average Bonchev–Trinajstić information content (AvgIpc) is 3.08. The number of allylic oxidation sites excluding steroid dienone is 1. The molecule has 0 aliphatic carbocycles. The highest BCUT2D eigenvalue weighted by Gasteiger charge is 2.37. The quantitative estimate of drug-likeness (QED) is 0.698. The Morgan fingerprint density at radius 2 is 1.88 bits per heavy atom. The van der Waals surface area contributed by atoms with E-state index >= 15 is 0 Å². The molecule has 0 atom stereocenters. The number of aliphatic hydroxyl groups is 1. The number of hydrogen-bond acceptors (Lipinski definition) is 5. The zero-order valence-electron chi connectivity index (χ0n) is 13.1. The van der Waals surface area contributed by atoms with Crippen molar-refractivity contribution in [1.82, 2.24) is 4.31 Å². The molecule has 1 aliphatic heterocycles. The van der Waals surface area contributed by atoms with Crippen LogP contribution in [0.2, 0.25) is 0 Å². The summed E-state index contributed by atoms with van der Waals surface area (Å²) in [6.07, 6.45) is 0. The van der Waals surface area contributed by atoms with E-state index in [1.54, 1.807) is 35.6 Å². The maximum atomic E-state index is 13.0. The average molecular weight is 371 g/mol. The molecule has 0 unspecified atom stereocenters. The van der Waals surface area contributed by atoms with E-state index in [9.17, 15) is 18.3 Å². The molecule has 0 saturated heterocycles. The topological polar surface area (TPSA) is 74.7 Å². The summed E-state index contributed by atoms with van der Waals surface area (Å²) in [4.78, 5) is 12.9. The van der Waals surface area contributed by atoms with Gasteiger partial charge >= 0.3 is 0 Å². The minimum Gasteiger partial charge on any atom is -0.505 e. The zero-order valence-corrected chi connectivity index (χ0v) is 14.8. The molecule has 0 saturated carbocycles. The third kappa shape index (κ3) is 2.27. The lowest BCUT2D eigenvalue weighted by Crippen LogP contribution is -2.35. The molecule has 0 fully saturated rings. The molecule has 1 aliphatic rings. The Balaban J connectivity index is 1.92. The van der Waals surface area contributed by atoms with Crippen molar-refractivity contribution >= 4 is 43.0 Å². The highest BCUT2D eigenvalue weighted by atomic mass is 32.2. The van der Waals surface area contributed by atoms with Crippen molar-refractivity contribution in [1.29, 1.82) is 0 Å². The molecule has 0 radical (unpaired) electrons. The predicted molar refractivity (Wildman–Crippen MR) is 97.1 cm³/mol. The number of carbonyl (C=O) groups excluding carboxylic acids is 1. The van der Waals surface area contributed by atoms with Crippen LogP contribution in [-0.2, 0) is 10.0 Å². The molecule has 5 nitrogen and oxygen atoms in total. The summed E-state index contributed by atoms with van der Waals surface area (Å²) in [5.74, 6) is -0.866. The van der Waals surface area contributed by atoms with Crippen LogP contribution in [0.5, 0.6) is 0 Å². The number of aliphatic hydroxyl groups excluding tert-OH is 1. The number of benzene rings is 2. The molecular formula is C18H13NO4S2. The summed E-state index contributed by atoms with van der Waals surface area (Å²) in [5, 5.41) is 13.4. The van der Waals surface area contributed by atoms with Crippen LogP contribution in [0.4, 0.5) is 0 Å². The second-order valence-corrected chi connectivity index (χ2v) is 8.55. The van der Waals surface area contributed by atoms with Gasteiger partial charge in [-0.05, 0) is 47.2 Å². The fourth-order valence-electron chi connectivity index (χ4n) is 2.93. The Labute approximate surface area is 148 Å². The maximum absolute atomic E-state index is 13.0. The van der Waals surface area contributed by atoms with E-state index in [2.05, 4.69) is 0 Å². The smallest absolute Gasteiger partial charge is 0.265 e. The maximum Gasteiger partial charge on any atom is 0.265 e. The molecule has 0 bridgehead atoms. The number of fused-ring (bicyclic) bond motifs is 2. The van der Waals surface area contributed by atoms with Crippen LogP contribution >= 0.6 is 11.3 Å². The van der Waals surface area contributed by atoms with E-state index in [0.29, 0.717) is 5.56 Å². The van der Waals surface area contributed by atoms with E-state index in [1.165, 1.54) is 19.2 Å². The first-order valence-corrected chi connectivity index (χ1v) is 9.77. The molecule has 2 heterocycles. The predicted octanol–water partition coefficient (Wildman–Crippen LogP) is 3.64. The molecule has 2 aromatic carbocycles. The van der Waals surface area contributed by atoms with Crippen molar-refractivity contribution < 1.29 is 18.3 Å². The van der Waals surface area contributed by atoms with Gasteiger partial charge in [0.1, 0.15) is 5.70 Å². The van der Waals surface area contributed by atoms with Crippen LogP contribution in [-0.4, -0.2) is 30.7 Å². The van der Waals surface area contributed by atoms with Gasteiger partial charge < -0.3 is 5.11 Å². The number of nitrogens with zero attached hydrogens (tertiary/aromatic N) is 1. The van der Waals surface area contributed by atoms with Crippen molar-refractivity contribution in [2.45, 2.75) is 4.90 Å². The summed E-state index contributed by atoms with van der Waals surface area (Å²) in [5.41, 5.74) is 0.225. The number of Topliss-reactive ketones (excluding diaryl/α,β-unsaturated/α-hetero) is 1. The van der Waals surface area contributed by atoms with Gasteiger partial charge in [0.25, 0.3) is 10.0 Å². The second-order valence-electron chi connectivity index (χ2n) is 5.67. The minimum atomic E-state index is -3.89. The number of likely N-dealkylation sites (N-methyl/N-ethyl adjacent to an activating group) is 1. The van der Waals surface area contributed by atoms with Crippen molar-refractivity contribution in [2.24, 2.45) is 0 Å². The Morgan fingerprint density at radius 3 is 2.68 bits per heavy atom. The fourth-order valence-corrected chi connectivity index (χ4v) is 5.10. The monoisotopic (exact) mass is 371 g/mol. The van der Waals surface area contributed by atoms with Crippen molar-refractivity contribution in [3.8, 4) is 0 Å². The van der Waals surface area contributed by atoms with E-state index in [0.717, 1.165) is 14.4 Å². The Morgan fingerprint density at radius 1 is 1.12 bits per heavy atom. The third-order valence-electron chi connectivity index (χ3n) is 4.25. The van der Waals surface area contributed by atoms with Crippen LogP contribution in [0.15, 0.2) is 64.5 Å². The van der Waals surface area contributed by atoms with Gasteiger partial charge in [-0.15, -0.1) is 11.3 Å². The summed E-state index contributed by atoms with van der Waals surface area (Å²) < 4.78 is 27.3. The molecule has 0 spiro atoms. The van der Waals surface area contributed by atoms with E-state index in [-0.39, 0.29) is 21.9 Å². The van der Waals surface area contributed by atoms with Crippen molar-refractivity contribution in [3.05, 3.63) is 70.7 Å². The van der Waals surface area contributed by atoms with Crippen molar-refractivity contribution in [2.75, 3.05) is 7.05 Å². The van der Waals surface area contributed by atoms with Gasteiger partial charge in [0.2, 0.25) is 5.78 Å². The lowest BCUT2D eigenvalue weighted by atomic mass is 10.0. The summed E-state index contributed by atoms with van der Waals surface area (Å²) in [7, 11) is -2.62. The molecular weight excluding hydrogens is 358 g/mol. The normalized spacial score (nSPS) is 16.1. The third-order valence-corrected chi connectivity index (χ3v) is 6.96.